The molecule has 0 bridgehead atoms. The van der Waals surface area contributed by atoms with E-state index in [0.29, 0.717) is 11.1 Å². The van der Waals surface area contributed by atoms with Crippen LogP contribution < -0.4 is 24.3 Å². The molecule has 0 radical (unpaired) electrons. The van der Waals surface area contributed by atoms with Crippen LogP contribution in [0.1, 0.15) is 41.5 Å². The highest BCUT2D eigenvalue weighted by molar-refractivity contribution is 7.88. The van der Waals surface area contributed by atoms with Gasteiger partial charge in [0.2, 0.25) is 0 Å². The molecule has 2 aromatic carbocycles. The van der Waals surface area contributed by atoms with Crippen LogP contribution in [0.25, 0.3) is 0 Å². The summed E-state index contributed by atoms with van der Waals surface area (Å²) in [6.07, 6.45) is -0.0122. The first-order valence-corrected chi connectivity index (χ1v) is 16.3. The maximum atomic E-state index is 13.1. The van der Waals surface area contributed by atoms with E-state index < -0.39 is 40.8 Å². The molecule has 0 spiro atoms. The normalized spacial score (nSPS) is 23.2. The quantitative estimate of drug-likeness (QED) is 0.276. The zero-order chi connectivity index (χ0) is 28.2. The Balaban J connectivity index is 0.000000220. The van der Waals surface area contributed by atoms with Crippen LogP contribution in [0.5, 0.6) is 23.0 Å². The first kappa shape index (κ1) is 29.4. The number of fused-ring (bicyclic) bond motifs is 2. The van der Waals surface area contributed by atoms with E-state index in [4.69, 9.17) is 9.47 Å². The fraction of sp³-hybridized carbons (Fsp3) is 0.478. The average molecular weight is 584 g/mol. The topological polar surface area (TPSA) is 116 Å². The number of ether oxygens (including phenoxy) is 2. The van der Waals surface area contributed by atoms with Gasteiger partial charge in [0.05, 0.1) is 5.30 Å². The summed E-state index contributed by atoms with van der Waals surface area (Å²) in [6.45, 7) is 10.7. The van der Waals surface area contributed by atoms with Crippen LogP contribution in [0.15, 0.2) is 36.4 Å². The number of halogens is 3. The number of phenolic OH excluding ortho intramolecular Hbond substituents is 1. The molecular weight excluding hydrogens is 555 g/mol. The molecule has 37 heavy (non-hydrogen) atoms. The zero-order valence-electron chi connectivity index (χ0n) is 21.1. The number of benzene rings is 2. The van der Waals surface area contributed by atoms with Gasteiger partial charge in [-0.05, 0) is 24.3 Å². The van der Waals surface area contributed by atoms with Crippen molar-refractivity contribution in [3.05, 3.63) is 36.4 Å². The molecule has 8 nitrogen and oxygen atoms in total. The second-order valence-corrected chi connectivity index (χ2v) is 19.2. The van der Waals surface area contributed by atoms with Crippen molar-refractivity contribution in [2.45, 2.75) is 57.4 Å². The third-order valence-electron chi connectivity index (χ3n) is 6.12. The largest absolute Gasteiger partial charge is 0.534 e. The first-order chi connectivity index (χ1) is 16.7. The van der Waals surface area contributed by atoms with Crippen molar-refractivity contribution in [1.29, 1.82) is 0 Å². The van der Waals surface area contributed by atoms with Gasteiger partial charge in [0.25, 0.3) is 0 Å². The minimum atomic E-state index is -5.84. The van der Waals surface area contributed by atoms with Gasteiger partial charge in [0, 0.05) is 10.3 Å². The summed E-state index contributed by atoms with van der Waals surface area (Å²) in [7, 11) is -11.8. The second-order valence-electron chi connectivity index (χ2n) is 10.6. The summed E-state index contributed by atoms with van der Waals surface area (Å²) >= 11 is 0. The van der Waals surface area contributed by atoms with Gasteiger partial charge >= 0.3 is 15.6 Å². The van der Waals surface area contributed by atoms with Crippen LogP contribution in [0.4, 0.5) is 13.2 Å². The van der Waals surface area contributed by atoms with E-state index in [1.54, 1.807) is 39.0 Å². The Hall–Kier alpha value is -2.16. The standard InChI is InChI=1S/C12H14F3O5PS.C11H15O3P/c1-11(2,3)21(16)7-19-8-5-4-6-9(10(8)21)20-22(17,18)12(13,14)15;1-11(2,3)15(13)7-14-9-6-4-5-8(12)10(9)15/h4-6H,7H2,1-3H3;4-6,12H,7H2,1-3H3/t21-;15-/m11/s1. The van der Waals surface area contributed by atoms with Crippen LogP contribution in [-0.2, 0) is 19.2 Å². The number of rotatable bonds is 2. The minimum absolute atomic E-state index is 0.0770. The lowest BCUT2D eigenvalue weighted by atomic mass is 10.3. The molecule has 2 heterocycles. The lowest BCUT2D eigenvalue weighted by Crippen LogP contribution is -2.30. The molecule has 0 aliphatic carbocycles. The average Bonchev–Trinajstić information content (AvgIpc) is 3.28. The number of aromatic hydroxyl groups is 1. The molecule has 0 amide bonds. The second kappa shape index (κ2) is 9.24. The molecule has 0 aromatic heterocycles. The van der Waals surface area contributed by atoms with Gasteiger partial charge in [-0.3, -0.25) is 0 Å². The maximum absolute atomic E-state index is 13.1. The van der Waals surface area contributed by atoms with Crippen molar-refractivity contribution in [3.8, 4) is 23.0 Å². The highest BCUT2D eigenvalue weighted by Gasteiger charge is 2.52. The van der Waals surface area contributed by atoms with Gasteiger partial charge in [-0.15, -0.1) is 0 Å². The summed E-state index contributed by atoms with van der Waals surface area (Å²) < 4.78 is 101. The summed E-state index contributed by atoms with van der Waals surface area (Å²) in [6, 6.07) is 8.74. The van der Waals surface area contributed by atoms with Gasteiger partial charge < -0.3 is 27.9 Å². The lowest BCUT2D eigenvalue weighted by molar-refractivity contribution is -0.0499. The van der Waals surface area contributed by atoms with Gasteiger partial charge in [-0.25, -0.2) is 0 Å². The van der Waals surface area contributed by atoms with Gasteiger partial charge in [-0.1, -0.05) is 53.7 Å². The van der Waals surface area contributed by atoms with Crippen LogP contribution in [0, 0.1) is 0 Å². The summed E-state index contributed by atoms with van der Waals surface area (Å²) in [4.78, 5) is 0. The summed E-state index contributed by atoms with van der Waals surface area (Å²) in [5.41, 5.74) is -5.57. The third-order valence-corrected chi connectivity index (χ3v) is 14.7. The molecule has 0 fully saturated rings. The molecule has 0 saturated heterocycles. The van der Waals surface area contributed by atoms with Crippen LogP contribution >= 0.6 is 14.3 Å². The fourth-order valence-electron chi connectivity index (χ4n) is 3.71. The molecule has 0 saturated carbocycles. The molecule has 2 aliphatic heterocycles. The van der Waals surface area contributed by atoms with Crippen LogP contribution in [-0.4, -0.2) is 42.0 Å². The SMILES string of the molecule is CC(C)(C)[P@@]1(=O)COc2cccc(O)c21.CC(C)(C)[P@@]1(=O)COc2cccc(OS(=O)(=O)C(F)(F)F)c21. The molecule has 2 atom stereocenters. The van der Waals surface area contributed by atoms with E-state index in [9.17, 15) is 35.8 Å². The molecule has 206 valence electrons. The predicted octanol–water partition coefficient (Wildman–Crippen LogP) is 5.58. The van der Waals surface area contributed by atoms with Gasteiger partial charge in [-0.2, -0.15) is 21.6 Å². The van der Waals surface area contributed by atoms with Crippen LogP contribution in [0.3, 0.4) is 0 Å². The monoisotopic (exact) mass is 584 g/mol. The van der Waals surface area contributed by atoms with Crippen molar-refractivity contribution in [1.82, 2.24) is 0 Å². The minimum Gasteiger partial charge on any atom is -0.507 e. The third kappa shape index (κ3) is 5.12. The Morgan fingerprint density at radius 3 is 1.70 bits per heavy atom. The van der Waals surface area contributed by atoms with Gasteiger partial charge in [0.1, 0.15) is 35.2 Å². The molecular formula is C23H29F3O8P2S. The number of hydrogen-bond acceptors (Lipinski definition) is 8. The number of phenols is 1. The maximum Gasteiger partial charge on any atom is 0.534 e. The van der Waals surface area contributed by atoms with E-state index in [2.05, 4.69) is 4.18 Å². The van der Waals surface area contributed by atoms with Crippen molar-refractivity contribution >= 4 is 35.0 Å². The highest BCUT2D eigenvalue weighted by Crippen LogP contribution is 2.64. The Bertz CT molecular complexity index is 1410. The lowest BCUT2D eigenvalue weighted by Gasteiger charge is -2.27. The van der Waals surface area contributed by atoms with E-state index in [-0.39, 0.29) is 34.7 Å². The molecule has 14 heteroatoms. The molecule has 4 rings (SSSR count). The fourth-order valence-corrected chi connectivity index (χ4v) is 9.16. The smallest absolute Gasteiger partial charge is 0.507 e. The van der Waals surface area contributed by atoms with Crippen molar-refractivity contribution in [3.63, 3.8) is 0 Å². The van der Waals surface area contributed by atoms with Gasteiger partial charge in [0.15, 0.2) is 20.0 Å². The van der Waals surface area contributed by atoms with E-state index >= 15 is 0 Å². The Morgan fingerprint density at radius 1 is 0.811 bits per heavy atom. The summed E-state index contributed by atoms with van der Waals surface area (Å²) in [5.74, 6) is 0.121. The van der Waals surface area contributed by atoms with E-state index in [1.165, 1.54) is 12.1 Å². The molecule has 2 aliphatic rings. The summed E-state index contributed by atoms with van der Waals surface area (Å²) in [5, 5.41) is 8.99. The highest BCUT2D eigenvalue weighted by atomic mass is 32.2. The molecule has 2 aromatic rings. The Labute approximate surface area is 214 Å². The predicted molar refractivity (Wildman–Crippen MR) is 135 cm³/mol. The molecule has 0 unspecified atom stereocenters. The van der Waals surface area contributed by atoms with Crippen molar-refractivity contribution in [2.75, 3.05) is 12.7 Å². The van der Waals surface area contributed by atoms with Crippen LogP contribution in [0.2, 0.25) is 0 Å². The first-order valence-electron chi connectivity index (χ1n) is 11.1. The van der Waals surface area contributed by atoms with Crippen molar-refractivity contribution in [2.24, 2.45) is 0 Å². The van der Waals surface area contributed by atoms with Crippen molar-refractivity contribution < 1.29 is 49.5 Å². The number of hydrogen-bond donors (Lipinski definition) is 1. The Morgan fingerprint density at radius 2 is 1.24 bits per heavy atom. The number of alkyl halides is 3. The molecule has 1 N–H and O–H groups in total. The Kier molecular flexibility index (Phi) is 7.34. The zero-order valence-corrected chi connectivity index (χ0v) is 23.7. The van der Waals surface area contributed by atoms with E-state index in [0.717, 1.165) is 6.07 Å². The van der Waals surface area contributed by atoms with E-state index in [1.807, 2.05) is 20.8 Å².